The zero-order valence-corrected chi connectivity index (χ0v) is 8.09. The van der Waals surface area contributed by atoms with Gasteiger partial charge >= 0.3 is 0 Å². The van der Waals surface area contributed by atoms with Gasteiger partial charge in [-0.2, -0.15) is 4.68 Å². The summed E-state index contributed by atoms with van der Waals surface area (Å²) in [5, 5.41) is 21.3. The molecule has 2 aromatic rings. The zero-order valence-electron chi connectivity index (χ0n) is 8.09. The van der Waals surface area contributed by atoms with Crippen molar-refractivity contribution in [2.45, 2.75) is 19.3 Å². The van der Waals surface area contributed by atoms with E-state index in [1.807, 2.05) is 12.1 Å². The predicted octanol–water partition coefficient (Wildman–Crippen LogP) is 0.857. The molecule has 0 radical (unpaired) electrons. The summed E-state index contributed by atoms with van der Waals surface area (Å²) in [7, 11) is 0. The van der Waals surface area contributed by atoms with Gasteiger partial charge in [0.2, 0.25) is 0 Å². The summed E-state index contributed by atoms with van der Waals surface area (Å²) in [6.45, 7) is 0. The third-order valence-corrected chi connectivity index (χ3v) is 2.72. The van der Waals surface area contributed by atoms with Gasteiger partial charge in [-0.25, -0.2) is 0 Å². The molecule has 0 saturated carbocycles. The smallest absolute Gasteiger partial charge is 0.156 e. The highest BCUT2D eigenvalue weighted by Crippen LogP contribution is 2.28. The lowest BCUT2D eigenvalue weighted by atomic mass is 10.1. The molecule has 1 aliphatic rings. The van der Waals surface area contributed by atoms with Crippen LogP contribution in [0.25, 0.3) is 5.69 Å². The van der Waals surface area contributed by atoms with E-state index in [4.69, 9.17) is 0 Å². The van der Waals surface area contributed by atoms with Crippen LogP contribution >= 0.6 is 0 Å². The van der Waals surface area contributed by atoms with Gasteiger partial charge in [0.15, 0.2) is 5.82 Å². The van der Waals surface area contributed by atoms with Crippen molar-refractivity contribution < 1.29 is 5.11 Å². The number of fused-ring (bicyclic) bond motifs is 3. The second-order valence-electron chi connectivity index (χ2n) is 3.64. The molecule has 0 aliphatic carbocycles. The van der Waals surface area contributed by atoms with Crippen molar-refractivity contribution in [1.29, 1.82) is 0 Å². The second-order valence-corrected chi connectivity index (χ2v) is 3.64. The van der Waals surface area contributed by atoms with E-state index in [1.54, 1.807) is 10.7 Å². The lowest BCUT2D eigenvalue weighted by molar-refractivity contribution is 0.467. The summed E-state index contributed by atoms with van der Waals surface area (Å²) >= 11 is 0. The fourth-order valence-corrected chi connectivity index (χ4v) is 1.99. The first-order valence-corrected chi connectivity index (χ1v) is 4.95. The third kappa shape index (κ3) is 1.20. The molecular weight excluding hydrogens is 192 g/mol. The second kappa shape index (κ2) is 3.05. The van der Waals surface area contributed by atoms with E-state index in [0.717, 1.165) is 36.3 Å². The molecule has 3 rings (SSSR count). The minimum Gasteiger partial charge on any atom is -0.508 e. The molecule has 5 heteroatoms. The molecule has 0 bridgehead atoms. The van der Waals surface area contributed by atoms with Crippen molar-refractivity contribution in [3.8, 4) is 11.4 Å². The van der Waals surface area contributed by atoms with Gasteiger partial charge in [0.1, 0.15) is 5.75 Å². The lowest BCUT2D eigenvalue weighted by Gasteiger charge is -2.07. The van der Waals surface area contributed by atoms with Gasteiger partial charge < -0.3 is 5.11 Å². The number of phenols is 1. The van der Waals surface area contributed by atoms with Gasteiger partial charge in [0.05, 0.1) is 5.69 Å². The maximum atomic E-state index is 9.76. The molecule has 0 saturated heterocycles. The number of benzene rings is 1. The number of aromatic hydroxyl groups is 1. The van der Waals surface area contributed by atoms with Crippen LogP contribution in [0.3, 0.4) is 0 Å². The first-order valence-electron chi connectivity index (χ1n) is 4.95. The topological polar surface area (TPSA) is 63.8 Å². The van der Waals surface area contributed by atoms with Gasteiger partial charge in [0, 0.05) is 12.0 Å². The Balaban J connectivity index is 2.29. The molecule has 2 heterocycles. The van der Waals surface area contributed by atoms with Crippen molar-refractivity contribution >= 4 is 0 Å². The van der Waals surface area contributed by atoms with Crippen molar-refractivity contribution in [3.63, 3.8) is 0 Å². The Labute approximate surface area is 86.4 Å². The first-order chi connectivity index (χ1) is 7.36. The maximum absolute atomic E-state index is 9.76. The first kappa shape index (κ1) is 8.40. The molecule has 1 aliphatic heterocycles. The number of aryl methyl sites for hydroxylation is 1. The number of hydrogen-bond donors (Lipinski definition) is 1. The molecule has 0 spiro atoms. The highest BCUT2D eigenvalue weighted by Gasteiger charge is 2.18. The van der Waals surface area contributed by atoms with Gasteiger partial charge in [-0.1, -0.05) is 6.07 Å². The Kier molecular flexibility index (Phi) is 1.71. The SMILES string of the molecule is Oc1cccc2c1CCCc1nnnn1-2. The third-order valence-electron chi connectivity index (χ3n) is 2.72. The number of hydrogen-bond acceptors (Lipinski definition) is 4. The van der Waals surface area contributed by atoms with Crippen LogP contribution < -0.4 is 0 Å². The summed E-state index contributed by atoms with van der Waals surface area (Å²) in [4.78, 5) is 0. The van der Waals surface area contributed by atoms with E-state index in [9.17, 15) is 5.11 Å². The van der Waals surface area contributed by atoms with Crippen LogP contribution in [0.15, 0.2) is 18.2 Å². The van der Waals surface area contributed by atoms with E-state index in [1.165, 1.54) is 0 Å². The van der Waals surface area contributed by atoms with Crippen molar-refractivity contribution in [2.24, 2.45) is 0 Å². The van der Waals surface area contributed by atoms with Gasteiger partial charge in [0.25, 0.3) is 0 Å². The van der Waals surface area contributed by atoms with E-state index >= 15 is 0 Å². The van der Waals surface area contributed by atoms with Crippen LogP contribution in [0.5, 0.6) is 5.75 Å². The number of nitrogens with zero attached hydrogens (tertiary/aromatic N) is 4. The summed E-state index contributed by atoms with van der Waals surface area (Å²) in [5.74, 6) is 1.19. The van der Waals surface area contributed by atoms with Crippen LogP contribution in [0.2, 0.25) is 0 Å². The molecule has 1 aromatic carbocycles. The predicted molar refractivity (Wildman–Crippen MR) is 52.8 cm³/mol. The Bertz CT molecular complexity index is 506. The Morgan fingerprint density at radius 2 is 2.20 bits per heavy atom. The van der Waals surface area contributed by atoms with Crippen LogP contribution in [0.4, 0.5) is 0 Å². The van der Waals surface area contributed by atoms with Crippen LogP contribution in [-0.4, -0.2) is 25.3 Å². The summed E-state index contributed by atoms with van der Waals surface area (Å²) in [6.07, 6.45) is 2.67. The standard InChI is InChI=1S/C10H10N4O/c15-9-5-2-4-8-7(9)3-1-6-10-11-12-13-14(8)10/h2,4-5,15H,1,3,6H2. The largest absolute Gasteiger partial charge is 0.508 e. The fraction of sp³-hybridized carbons (Fsp3) is 0.300. The van der Waals surface area contributed by atoms with E-state index in [0.29, 0.717) is 5.75 Å². The van der Waals surface area contributed by atoms with Crippen molar-refractivity contribution in [2.75, 3.05) is 0 Å². The van der Waals surface area contributed by atoms with Crippen LogP contribution in [0.1, 0.15) is 17.8 Å². The monoisotopic (exact) mass is 202 g/mol. The maximum Gasteiger partial charge on any atom is 0.156 e. The average Bonchev–Trinajstić information content (AvgIpc) is 2.62. The van der Waals surface area contributed by atoms with E-state index < -0.39 is 0 Å². The zero-order chi connectivity index (χ0) is 10.3. The normalized spacial score (nSPS) is 14.1. The van der Waals surface area contributed by atoms with Crippen LogP contribution in [0, 0.1) is 0 Å². The molecule has 0 atom stereocenters. The van der Waals surface area contributed by atoms with Gasteiger partial charge in [-0.15, -0.1) is 5.10 Å². The summed E-state index contributed by atoms with van der Waals surface area (Å²) in [5.41, 5.74) is 1.83. The molecule has 5 nitrogen and oxygen atoms in total. The minimum atomic E-state index is 0.329. The van der Waals surface area contributed by atoms with Crippen molar-refractivity contribution in [3.05, 3.63) is 29.6 Å². The molecule has 0 unspecified atom stereocenters. The summed E-state index contributed by atoms with van der Waals surface area (Å²) < 4.78 is 1.71. The molecule has 0 amide bonds. The molecule has 0 fully saturated rings. The van der Waals surface area contributed by atoms with Crippen LogP contribution in [-0.2, 0) is 12.8 Å². The minimum absolute atomic E-state index is 0.329. The molecule has 1 aromatic heterocycles. The molecule has 15 heavy (non-hydrogen) atoms. The molecule has 76 valence electrons. The number of rotatable bonds is 0. The average molecular weight is 202 g/mol. The van der Waals surface area contributed by atoms with Gasteiger partial charge in [-0.05, 0) is 35.4 Å². The lowest BCUT2D eigenvalue weighted by Crippen LogP contribution is -2.02. The Hall–Kier alpha value is -1.91. The molecular formula is C10H10N4O. The number of phenolic OH excluding ortho intramolecular Hbond substituents is 1. The number of tetrazole rings is 1. The highest BCUT2D eigenvalue weighted by molar-refractivity contribution is 5.49. The summed E-state index contributed by atoms with van der Waals surface area (Å²) in [6, 6.07) is 5.44. The number of aromatic nitrogens is 4. The van der Waals surface area contributed by atoms with E-state index in [2.05, 4.69) is 15.5 Å². The Morgan fingerprint density at radius 1 is 1.27 bits per heavy atom. The quantitative estimate of drug-likeness (QED) is 0.688. The molecule has 1 N–H and O–H groups in total. The van der Waals surface area contributed by atoms with Crippen molar-refractivity contribution in [1.82, 2.24) is 20.2 Å². The van der Waals surface area contributed by atoms with Gasteiger partial charge in [-0.3, -0.25) is 0 Å². The fourth-order valence-electron chi connectivity index (χ4n) is 1.99. The Morgan fingerprint density at radius 3 is 3.13 bits per heavy atom. The highest BCUT2D eigenvalue weighted by atomic mass is 16.3. The van der Waals surface area contributed by atoms with E-state index in [-0.39, 0.29) is 0 Å².